The van der Waals surface area contributed by atoms with Crippen LogP contribution in [0.5, 0.6) is 0 Å². The number of nitrogens with one attached hydrogen (secondary N) is 1. The summed E-state index contributed by atoms with van der Waals surface area (Å²) in [7, 11) is 1.80. The van der Waals surface area contributed by atoms with Crippen LogP contribution >= 0.6 is 0 Å². The summed E-state index contributed by atoms with van der Waals surface area (Å²) in [5, 5.41) is 7.20. The average Bonchev–Trinajstić information content (AvgIpc) is 2.89. The van der Waals surface area contributed by atoms with Gasteiger partial charge in [0.05, 0.1) is 11.6 Å². The van der Waals surface area contributed by atoms with Crippen molar-refractivity contribution < 1.29 is 9.21 Å². The van der Waals surface area contributed by atoms with Gasteiger partial charge in [-0.2, -0.15) is 5.10 Å². The van der Waals surface area contributed by atoms with Crippen LogP contribution in [0.3, 0.4) is 0 Å². The number of nitrogens with zero attached hydrogens (tertiary/aromatic N) is 2. The monoisotopic (exact) mass is 297 g/mol. The fourth-order valence-corrected chi connectivity index (χ4v) is 2.21. The molecule has 1 aromatic carbocycles. The van der Waals surface area contributed by atoms with Crippen LogP contribution in [0, 0.1) is 6.92 Å². The van der Waals surface area contributed by atoms with Gasteiger partial charge >= 0.3 is 0 Å². The van der Waals surface area contributed by atoms with Gasteiger partial charge < -0.3 is 9.73 Å². The van der Waals surface area contributed by atoms with Crippen molar-refractivity contribution in [2.75, 3.05) is 0 Å². The molecule has 0 aliphatic rings. The summed E-state index contributed by atoms with van der Waals surface area (Å²) in [6.45, 7) is 2.22. The first-order valence-corrected chi connectivity index (χ1v) is 6.83. The molecule has 0 radical (unpaired) electrons. The molecule has 3 aromatic rings. The molecular formula is C16H15N3O3. The van der Waals surface area contributed by atoms with Crippen LogP contribution in [0.2, 0.25) is 0 Å². The third kappa shape index (κ3) is 2.76. The van der Waals surface area contributed by atoms with Crippen LogP contribution < -0.4 is 10.7 Å². The van der Waals surface area contributed by atoms with E-state index < -0.39 is 5.91 Å². The summed E-state index contributed by atoms with van der Waals surface area (Å²) < 4.78 is 7.20. The highest BCUT2D eigenvalue weighted by Crippen LogP contribution is 2.14. The van der Waals surface area contributed by atoms with Gasteiger partial charge in [0.2, 0.25) is 0 Å². The number of hydrogen-bond donors (Lipinski definition) is 1. The van der Waals surface area contributed by atoms with Crippen molar-refractivity contribution in [1.82, 2.24) is 15.1 Å². The molecule has 1 amide bonds. The van der Waals surface area contributed by atoms with Crippen molar-refractivity contribution >= 4 is 16.9 Å². The lowest BCUT2D eigenvalue weighted by Crippen LogP contribution is -2.23. The van der Waals surface area contributed by atoms with E-state index in [4.69, 9.17) is 4.42 Å². The molecule has 0 aliphatic heterocycles. The topological polar surface area (TPSA) is 77.1 Å². The van der Waals surface area contributed by atoms with Gasteiger partial charge in [0.15, 0.2) is 11.2 Å². The second-order valence-electron chi connectivity index (χ2n) is 5.18. The van der Waals surface area contributed by atoms with Crippen molar-refractivity contribution in [3.63, 3.8) is 0 Å². The molecule has 1 N–H and O–H groups in total. The summed E-state index contributed by atoms with van der Waals surface area (Å²) in [6, 6.07) is 6.50. The maximum absolute atomic E-state index is 12.1. The number of hydrogen-bond acceptors (Lipinski definition) is 4. The lowest BCUT2D eigenvalue weighted by Gasteiger charge is -2.04. The zero-order chi connectivity index (χ0) is 15.7. The number of benzene rings is 1. The van der Waals surface area contributed by atoms with E-state index in [1.54, 1.807) is 36.3 Å². The molecule has 2 aromatic heterocycles. The highest BCUT2D eigenvalue weighted by atomic mass is 16.3. The molecule has 0 unspecified atom stereocenters. The van der Waals surface area contributed by atoms with Gasteiger partial charge in [0, 0.05) is 31.4 Å². The van der Waals surface area contributed by atoms with Crippen LogP contribution in [0.15, 0.2) is 45.9 Å². The molecule has 0 saturated heterocycles. The van der Waals surface area contributed by atoms with Gasteiger partial charge in [-0.25, -0.2) is 0 Å². The third-order valence-corrected chi connectivity index (χ3v) is 3.32. The largest absolute Gasteiger partial charge is 0.451 e. The molecule has 0 spiro atoms. The fraction of sp³-hybridized carbons (Fsp3) is 0.188. The van der Waals surface area contributed by atoms with Crippen LogP contribution in [-0.2, 0) is 13.6 Å². The van der Waals surface area contributed by atoms with E-state index >= 15 is 0 Å². The smallest absolute Gasteiger partial charge is 0.287 e. The third-order valence-electron chi connectivity index (χ3n) is 3.32. The quantitative estimate of drug-likeness (QED) is 0.799. The van der Waals surface area contributed by atoms with E-state index in [2.05, 4.69) is 10.4 Å². The van der Waals surface area contributed by atoms with E-state index in [0.717, 1.165) is 11.1 Å². The minimum atomic E-state index is -0.427. The van der Waals surface area contributed by atoms with Crippen molar-refractivity contribution in [3.05, 3.63) is 63.8 Å². The normalized spacial score (nSPS) is 10.8. The second kappa shape index (κ2) is 5.48. The molecule has 2 heterocycles. The summed E-state index contributed by atoms with van der Waals surface area (Å²) >= 11 is 0. The van der Waals surface area contributed by atoms with Gasteiger partial charge in [-0.3, -0.25) is 14.3 Å². The Hall–Kier alpha value is -2.89. The summed E-state index contributed by atoms with van der Waals surface area (Å²) in [5.74, 6) is -0.420. The number of aryl methyl sites for hydroxylation is 2. The Morgan fingerprint density at radius 1 is 1.36 bits per heavy atom. The molecule has 22 heavy (non-hydrogen) atoms. The molecule has 6 nitrogen and oxygen atoms in total. The van der Waals surface area contributed by atoms with Gasteiger partial charge in [-0.1, -0.05) is 6.07 Å². The number of amides is 1. The van der Waals surface area contributed by atoms with Crippen LogP contribution in [0.25, 0.3) is 11.0 Å². The first-order chi connectivity index (χ1) is 10.5. The Morgan fingerprint density at radius 3 is 2.91 bits per heavy atom. The van der Waals surface area contributed by atoms with Crippen molar-refractivity contribution in [2.45, 2.75) is 13.5 Å². The molecule has 0 atom stereocenters. The molecule has 112 valence electrons. The number of fused-ring (bicyclic) bond motifs is 1. The maximum atomic E-state index is 12.1. The standard InChI is InChI=1S/C16H15N3O3/c1-10-3-4-12-13(20)6-15(22-14(12)5-10)16(21)17-7-11-8-18-19(2)9-11/h3-6,8-9H,7H2,1-2H3,(H,17,21). The summed E-state index contributed by atoms with van der Waals surface area (Å²) in [5.41, 5.74) is 2.02. The van der Waals surface area contributed by atoms with Crippen molar-refractivity contribution in [3.8, 4) is 0 Å². The van der Waals surface area contributed by atoms with Crippen LogP contribution in [0.4, 0.5) is 0 Å². The number of aromatic nitrogens is 2. The average molecular weight is 297 g/mol. The molecular weight excluding hydrogens is 282 g/mol. The number of rotatable bonds is 3. The molecule has 6 heteroatoms. The van der Waals surface area contributed by atoms with Crippen LogP contribution in [0.1, 0.15) is 21.7 Å². The molecule has 0 fully saturated rings. The molecule has 0 aliphatic carbocycles. The minimum Gasteiger partial charge on any atom is -0.451 e. The lowest BCUT2D eigenvalue weighted by molar-refractivity contribution is 0.0923. The molecule has 0 bridgehead atoms. The maximum Gasteiger partial charge on any atom is 0.287 e. The summed E-state index contributed by atoms with van der Waals surface area (Å²) in [4.78, 5) is 24.2. The number of carbonyl (C=O) groups excluding carboxylic acids is 1. The van der Waals surface area contributed by atoms with E-state index in [9.17, 15) is 9.59 Å². The Bertz CT molecular complexity index is 908. The van der Waals surface area contributed by atoms with Gasteiger partial charge in [-0.05, 0) is 24.6 Å². The number of carbonyl (C=O) groups is 1. The van der Waals surface area contributed by atoms with E-state index in [-0.39, 0.29) is 11.2 Å². The molecule has 3 rings (SSSR count). The Kier molecular flexibility index (Phi) is 3.50. The fourth-order valence-electron chi connectivity index (χ4n) is 2.21. The molecule has 0 saturated carbocycles. The minimum absolute atomic E-state index is 0.00647. The SMILES string of the molecule is Cc1ccc2c(=O)cc(C(=O)NCc3cnn(C)c3)oc2c1. The van der Waals surface area contributed by atoms with E-state index in [1.807, 2.05) is 13.0 Å². The highest BCUT2D eigenvalue weighted by molar-refractivity contribution is 5.93. The first kappa shape index (κ1) is 14.1. The second-order valence-corrected chi connectivity index (χ2v) is 5.18. The van der Waals surface area contributed by atoms with Crippen LogP contribution in [-0.4, -0.2) is 15.7 Å². The van der Waals surface area contributed by atoms with Gasteiger partial charge in [0.25, 0.3) is 5.91 Å². The van der Waals surface area contributed by atoms with Gasteiger partial charge in [-0.15, -0.1) is 0 Å². The first-order valence-electron chi connectivity index (χ1n) is 6.83. The van der Waals surface area contributed by atoms with Crippen molar-refractivity contribution in [1.29, 1.82) is 0 Å². The zero-order valence-electron chi connectivity index (χ0n) is 12.3. The predicted molar refractivity (Wildman–Crippen MR) is 81.6 cm³/mol. The Labute approximate surface area is 126 Å². The van der Waals surface area contributed by atoms with E-state index in [0.29, 0.717) is 17.5 Å². The van der Waals surface area contributed by atoms with Crippen molar-refractivity contribution in [2.24, 2.45) is 7.05 Å². The Morgan fingerprint density at radius 2 is 2.18 bits per heavy atom. The zero-order valence-corrected chi connectivity index (χ0v) is 12.3. The predicted octanol–water partition coefficient (Wildman–Crippen LogP) is 1.76. The van der Waals surface area contributed by atoms with E-state index in [1.165, 1.54) is 6.07 Å². The highest BCUT2D eigenvalue weighted by Gasteiger charge is 2.12. The summed E-state index contributed by atoms with van der Waals surface area (Å²) in [6.07, 6.45) is 3.47. The van der Waals surface area contributed by atoms with Gasteiger partial charge in [0.1, 0.15) is 5.58 Å². The lowest BCUT2D eigenvalue weighted by atomic mass is 10.1. The Balaban J connectivity index is 1.86.